The number of nitriles is 1. The van der Waals surface area contributed by atoms with Crippen LogP contribution in [0, 0.1) is 23.2 Å². The first-order valence-corrected chi connectivity index (χ1v) is 8.76. The Morgan fingerprint density at radius 1 is 1.32 bits per heavy atom. The van der Waals surface area contributed by atoms with Gasteiger partial charge < -0.3 is 0 Å². The maximum Gasteiger partial charge on any atom is 0.109 e. The summed E-state index contributed by atoms with van der Waals surface area (Å²) in [5.74, 6) is 2.46. The lowest BCUT2D eigenvalue weighted by atomic mass is 9.86. The Kier molecular flexibility index (Phi) is 6.69. The summed E-state index contributed by atoms with van der Waals surface area (Å²) in [5.41, 5.74) is -0.254. The highest BCUT2D eigenvalue weighted by atomic mass is 32.2. The molecule has 1 N–H and O–H groups in total. The molecule has 1 aliphatic rings. The summed E-state index contributed by atoms with van der Waals surface area (Å²) >= 11 is 2.06. The zero-order chi connectivity index (χ0) is 14.5. The predicted molar refractivity (Wildman–Crippen MR) is 85.3 cm³/mol. The van der Waals surface area contributed by atoms with Gasteiger partial charge in [-0.3, -0.25) is 5.32 Å². The van der Waals surface area contributed by atoms with E-state index in [2.05, 4.69) is 57.8 Å². The molecule has 3 unspecified atom stereocenters. The third-order valence-corrected chi connectivity index (χ3v) is 5.89. The minimum atomic E-state index is -0.254. The van der Waals surface area contributed by atoms with E-state index in [-0.39, 0.29) is 5.54 Å². The van der Waals surface area contributed by atoms with Crippen LogP contribution in [0.25, 0.3) is 0 Å². The van der Waals surface area contributed by atoms with Gasteiger partial charge in [-0.1, -0.05) is 27.2 Å². The Bertz CT molecular complexity index is 308. The van der Waals surface area contributed by atoms with Crippen molar-refractivity contribution < 1.29 is 0 Å². The summed E-state index contributed by atoms with van der Waals surface area (Å²) in [4.78, 5) is 0. The number of hydrogen-bond acceptors (Lipinski definition) is 3. The molecular formula is C16H30N2S. The van der Waals surface area contributed by atoms with Gasteiger partial charge in [-0.25, -0.2) is 0 Å². The van der Waals surface area contributed by atoms with Gasteiger partial charge in [0.05, 0.1) is 6.07 Å². The molecule has 1 rings (SSSR count). The summed E-state index contributed by atoms with van der Waals surface area (Å²) in [6.45, 7) is 11.2. The molecule has 0 aromatic rings. The van der Waals surface area contributed by atoms with Crippen molar-refractivity contribution in [3.05, 3.63) is 0 Å². The van der Waals surface area contributed by atoms with Crippen LogP contribution in [0.5, 0.6) is 0 Å². The number of rotatable bonds is 7. The van der Waals surface area contributed by atoms with Crippen molar-refractivity contribution >= 4 is 11.8 Å². The van der Waals surface area contributed by atoms with E-state index in [4.69, 9.17) is 0 Å². The van der Waals surface area contributed by atoms with Crippen LogP contribution in [-0.4, -0.2) is 22.6 Å². The van der Waals surface area contributed by atoms with Crippen LogP contribution >= 0.6 is 11.8 Å². The van der Waals surface area contributed by atoms with Gasteiger partial charge in [0, 0.05) is 11.3 Å². The third-order valence-electron chi connectivity index (χ3n) is 4.35. The van der Waals surface area contributed by atoms with E-state index >= 15 is 0 Å². The Balaban J connectivity index is 2.50. The van der Waals surface area contributed by atoms with E-state index in [0.717, 1.165) is 17.6 Å². The van der Waals surface area contributed by atoms with Crippen molar-refractivity contribution in [1.29, 1.82) is 5.26 Å². The predicted octanol–water partition coefficient (Wildman–Crippen LogP) is 4.21. The molecule has 110 valence electrons. The van der Waals surface area contributed by atoms with Crippen molar-refractivity contribution in [3.8, 4) is 6.07 Å². The van der Waals surface area contributed by atoms with Gasteiger partial charge in [0.15, 0.2) is 0 Å². The fraction of sp³-hybridized carbons (Fsp3) is 0.938. The Morgan fingerprint density at radius 2 is 2.00 bits per heavy atom. The summed E-state index contributed by atoms with van der Waals surface area (Å²) in [5, 5.41) is 13.9. The van der Waals surface area contributed by atoms with Gasteiger partial charge in [0.1, 0.15) is 5.54 Å². The largest absolute Gasteiger partial charge is 0.297 e. The second-order valence-corrected chi connectivity index (χ2v) is 8.07. The van der Waals surface area contributed by atoms with Gasteiger partial charge in [0.25, 0.3) is 0 Å². The lowest BCUT2D eigenvalue weighted by Gasteiger charge is -2.32. The molecule has 0 aromatic carbocycles. The Morgan fingerprint density at radius 3 is 2.53 bits per heavy atom. The normalized spacial score (nSPS) is 28.8. The second kappa shape index (κ2) is 7.55. The molecule has 0 heterocycles. The smallest absolute Gasteiger partial charge is 0.109 e. The van der Waals surface area contributed by atoms with Gasteiger partial charge in [-0.15, -0.1) is 0 Å². The van der Waals surface area contributed by atoms with Crippen molar-refractivity contribution in [2.75, 3.05) is 5.75 Å². The Labute approximate surface area is 123 Å². The van der Waals surface area contributed by atoms with Crippen molar-refractivity contribution in [2.45, 2.75) is 77.1 Å². The average molecular weight is 282 g/mol. The lowest BCUT2D eigenvalue weighted by molar-refractivity contribution is 0.289. The highest BCUT2D eigenvalue weighted by Crippen LogP contribution is 2.39. The molecule has 0 radical (unpaired) electrons. The van der Waals surface area contributed by atoms with Crippen molar-refractivity contribution in [2.24, 2.45) is 11.8 Å². The molecule has 0 bridgehead atoms. The topological polar surface area (TPSA) is 35.8 Å². The van der Waals surface area contributed by atoms with Crippen LogP contribution in [0.2, 0.25) is 0 Å². The lowest BCUT2D eigenvalue weighted by Crippen LogP contribution is -2.50. The number of nitrogens with zero attached hydrogens (tertiary/aromatic N) is 1. The molecule has 2 nitrogen and oxygen atoms in total. The number of nitrogens with one attached hydrogen (secondary N) is 1. The van der Waals surface area contributed by atoms with Gasteiger partial charge in [-0.05, 0) is 50.7 Å². The highest BCUT2D eigenvalue weighted by Gasteiger charge is 2.42. The second-order valence-electron chi connectivity index (χ2n) is 6.58. The molecule has 0 aliphatic heterocycles. The molecule has 3 heteroatoms. The van der Waals surface area contributed by atoms with E-state index in [0.29, 0.717) is 12.0 Å². The molecule has 19 heavy (non-hydrogen) atoms. The maximum absolute atomic E-state index is 9.61. The molecule has 0 saturated heterocycles. The van der Waals surface area contributed by atoms with Crippen molar-refractivity contribution in [1.82, 2.24) is 5.32 Å². The minimum absolute atomic E-state index is 0.254. The van der Waals surface area contributed by atoms with Gasteiger partial charge in [0.2, 0.25) is 0 Å². The first kappa shape index (κ1) is 16.9. The van der Waals surface area contributed by atoms with Crippen LogP contribution in [0.4, 0.5) is 0 Å². The highest BCUT2D eigenvalue weighted by molar-refractivity contribution is 7.99. The maximum atomic E-state index is 9.61. The van der Waals surface area contributed by atoms with Crippen LogP contribution in [0.1, 0.15) is 60.3 Å². The summed E-state index contributed by atoms with van der Waals surface area (Å²) in [6, 6.07) is 2.99. The van der Waals surface area contributed by atoms with Gasteiger partial charge >= 0.3 is 0 Å². The minimum Gasteiger partial charge on any atom is -0.297 e. The zero-order valence-corrected chi connectivity index (χ0v) is 14.0. The quantitative estimate of drug-likeness (QED) is 0.759. The number of hydrogen-bond donors (Lipinski definition) is 1. The molecular weight excluding hydrogens is 252 g/mol. The van der Waals surface area contributed by atoms with Crippen molar-refractivity contribution in [3.63, 3.8) is 0 Å². The van der Waals surface area contributed by atoms with Crippen LogP contribution in [0.3, 0.4) is 0 Å². The Hall–Kier alpha value is -0.200. The SMILES string of the molecule is CC(C)NC1(C#N)CCCC1CCSC(C)C(C)C. The first-order chi connectivity index (χ1) is 8.91. The third kappa shape index (κ3) is 4.68. The van der Waals surface area contributed by atoms with Crippen LogP contribution in [-0.2, 0) is 0 Å². The van der Waals surface area contributed by atoms with E-state index in [9.17, 15) is 5.26 Å². The molecule has 0 aromatic heterocycles. The molecule has 3 atom stereocenters. The first-order valence-electron chi connectivity index (χ1n) is 7.72. The zero-order valence-electron chi connectivity index (χ0n) is 13.2. The standard InChI is InChI=1S/C16H30N2S/c1-12(2)14(5)19-10-8-15-7-6-9-16(15,11-17)18-13(3)4/h12-15,18H,6-10H2,1-5H3. The fourth-order valence-electron chi connectivity index (χ4n) is 2.94. The molecule has 1 aliphatic carbocycles. The van der Waals surface area contributed by atoms with E-state index in [1.54, 1.807) is 0 Å². The molecule has 0 spiro atoms. The van der Waals surface area contributed by atoms with E-state index < -0.39 is 0 Å². The summed E-state index contributed by atoms with van der Waals surface area (Å²) in [7, 11) is 0. The summed E-state index contributed by atoms with van der Waals surface area (Å²) < 4.78 is 0. The summed E-state index contributed by atoms with van der Waals surface area (Å²) in [6.07, 6.45) is 4.61. The molecule has 1 saturated carbocycles. The van der Waals surface area contributed by atoms with Crippen LogP contribution < -0.4 is 5.32 Å². The van der Waals surface area contributed by atoms with Crippen LogP contribution in [0.15, 0.2) is 0 Å². The molecule has 1 fully saturated rings. The van der Waals surface area contributed by atoms with Gasteiger partial charge in [-0.2, -0.15) is 17.0 Å². The van der Waals surface area contributed by atoms with E-state index in [1.807, 2.05) is 0 Å². The monoisotopic (exact) mass is 282 g/mol. The average Bonchev–Trinajstić information content (AvgIpc) is 2.71. The van der Waals surface area contributed by atoms with E-state index in [1.165, 1.54) is 25.0 Å². The molecule has 0 amide bonds. The number of thioether (sulfide) groups is 1. The fourth-order valence-corrected chi connectivity index (χ4v) is 4.12.